The Labute approximate surface area is 154 Å². The van der Waals surface area contributed by atoms with Crippen LogP contribution in [0.1, 0.15) is 5.56 Å². The zero-order chi connectivity index (χ0) is 17.5. The Kier molecular flexibility index (Phi) is 6.58. The van der Waals surface area contributed by atoms with Gasteiger partial charge in [0.15, 0.2) is 0 Å². The number of para-hydroxylation sites is 1. The first-order valence-corrected chi connectivity index (χ1v) is 8.36. The van der Waals surface area contributed by atoms with Crippen LogP contribution in [0.3, 0.4) is 0 Å². The van der Waals surface area contributed by atoms with Crippen molar-refractivity contribution in [1.82, 2.24) is 4.90 Å². The van der Waals surface area contributed by atoms with Crippen molar-refractivity contribution < 1.29 is 9.59 Å². The SMILES string of the molecule is CN(CC(=O)Nc1ccccc1Cl)C(=O)/C=C/c1cccc(Br)c1. The average Bonchev–Trinajstić information content (AvgIpc) is 2.54. The van der Waals surface area contributed by atoms with Gasteiger partial charge in [0.05, 0.1) is 17.3 Å². The Hall–Kier alpha value is -2.11. The van der Waals surface area contributed by atoms with Gasteiger partial charge in [0.2, 0.25) is 11.8 Å². The number of anilines is 1. The number of likely N-dealkylation sites (N-methyl/N-ethyl adjacent to an activating group) is 1. The van der Waals surface area contributed by atoms with Gasteiger partial charge in [-0.1, -0.05) is 51.8 Å². The first kappa shape index (κ1) is 18.2. The topological polar surface area (TPSA) is 49.4 Å². The highest BCUT2D eigenvalue weighted by molar-refractivity contribution is 9.10. The van der Waals surface area contributed by atoms with Crippen LogP contribution in [0.25, 0.3) is 6.08 Å². The molecule has 0 aliphatic carbocycles. The number of carbonyl (C=O) groups excluding carboxylic acids is 2. The summed E-state index contributed by atoms with van der Waals surface area (Å²) in [7, 11) is 1.57. The van der Waals surface area contributed by atoms with Crippen molar-refractivity contribution in [2.45, 2.75) is 0 Å². The Balaban J connectivity index is 1.91. The molecule has 0 aliphatic rings. The lowest BCUT2D eigenvalue weighted by Gasteiger charge is -2.15. The van der Waals surface area contributed by atoms with Crippen molar-refractivity contribution in [3.05, 3.63) is 69.7 Å². The van der Waals surface area contributed by atoms with E-state index in [4.69, 9.17) is 11.6 Å². The van der Waals surface area contributed by atoms with Crippen LogP contribution in [0.15, 0.2) is 59.1 Å². The maximum Gasteiger partial charge on any atom is 0.246 e. The van der Waals surface area contributed by atoms with Crippen LogP contribution in [0, 0.1) is 0 Å². The fourth-order valence-corrected chi connectivity index (χ4v) is 2.55. The van der Waals surface area contributed by atoms with Gasteiger partial charge in [-0.15, -0.1) is 0 Å². The van der Waals surface area contributed by atoms with Crippen molar-refractivity contribution >= 4 is 51.1 Å². The van der Waals surface area contributed by atoms with E-state index in [0.29, 0.717) is 10.7 Å². The number of carbonyl (C=O) groups is 2. The van der Waals surface area contributed by atoms with Crippen molar-refractivity contribution in [2.24, 2.45) is 0 Å². The number of nitrogens with zero attached hydrogens (tertiary/aromatic N) is 1. The van der Waals surface area contributed by atoms with Crippen LogP contribution >= 0.6 is 27.5 Å². The lowest BCUT2D eigenvalue weighted by atomic mass is 10.2. The Morgan fingerprint density at radius 2 is 1.96 bits per heavy atom. The summed E-state index contributed by atoms with van der Waals surface area (Å²) in [6.45, 7) is -0.0626. The zero-order valence-corrected chi connectivity index (χ0v) is 15.3. The highest BCUT2D eigenvalue weighted by Gasteiger charge is 2.11. The molecule has 0 fully saturated rings. The molecular formula is C18H16BrClN2O2. The minimum atomic E-state index is -0.310. The zero-order valence-electron chi connectivity index (χ0n) is 13.0. The molecule has 1 N–H and O–H groups in total. The summed E-state index contributed by atoms with van der Waals surface area (Å²) in [6.07, 6.45) is 3.14. The molecule has 0 spiro atoms. The second-order valence-corrected chi connectivity index (χ2v) is 6.43. The lowest BCUT2D eigenvalue weighted by molar-refractivity contribution is -0.129. The number of halogens is 2. The van der Waals surface area contributed by atoms with Gasteiger partial charge >= 0.3 is 0 Å². The molecule has 24 heavy (non-hydrogen) atoms. The van der Waals surface area contributed by atoms with Gasteiger partial charge in [0.1, 0.15) is 0 Å². The lowest BCUT2D eigenvalue weighted by Crippen LogP contribution is -2.33. The smallest absolute Gasteiger partial charge is 0.246 e. The minimum absolute atomic E-state index is 0.0626. The highest BCUT2D eigenvalue weighted by atomic mass is 79.9. The standard InChI is InChI=1S/C18H16BrClN2O2/c1-22(12-17(23)21-16-8-3-2-7-15(16)20)18(24)10-9-13-5-4-6-14(19)11-13/h2-11H,12H2,1H3,(H,21,23)/b10-9+. The third kappa shape index (κ3) is 5.51. The molecule has 0 saturated carbocycles. The van der Waals surface area contributed by atoms with Crippen LogP contribution < -0.4 is 5.32 Å². The number of amides is 2. The summed E-state index contributed by atoms with van der Waals surface area (Å²) >= 11 is 9.36. The summed E-state index contributed by atoms with van der Waals surface area (Å²) in [5, 5.41) is 3.14. The molecule has 0 atom stereocenters. The molecule has 124 valence electrons. The number of hydrogen-bond acceptors (Lipinski definition) is 2. The molecule has 0 unspecified atom stereocenters. The Bertz CT molecular complexity index is 777. The molecule has 4 nitrogen and oxygen atoms in total. The normalized spacial score (nSPS) is 10.6. The van der Waals surface area contributed by atoms with Crippen molar-refractivity contribution in [3.8, 4) is 0 Å². The van der Waals surface area contributed by atoms with E-state index in [1.807, 2.05) is 24.3 Å². The minimum Gasteiger partial charge on any atom is -0.333 e. The molecule has 0 heterocycles. The Morgan fingerprint density at radius 1 is 1.21 bits per heavy atom. The van der Waals surface area contributed by atoms with Gasteiger partial charge < -0.3 is 10.2 Å². The van der Waals surface area contributed by atoms with E-state index in [1.165, 1.54) is 11.0 Å². The first-order valence-electron chi connectivity index (χ1n) is 7.19. The van der Waals surface area contributed by atoms with Gasteiger partial charge in [-0.05, 0) is 35.9 Å². The van der Waals surface area contributed by atoms with E-state index in [-0.39, 0.29) is 18.4 Å². The quantitative estimate of drug-likeness (QED) is 0.755. The second-order valence-electron chi connectivity index (χ2n) is 5.11. The number of benzene rings is 2. The van der Waals surface area contributed by atoms with Gasteiger partial charge in [-0.25, -0.2) is 0 Å². The largest absolute Gasteiger partial charge is 0.333 e. The number of nitrogens with one attached hydrogen (secondary N) is 1. The predicted molar refractivity (Wildman–Crippen MR) is 101 cm³/mol. The monoisotopic (exact) mass is 406 g/mol. The molecule has 0 bridgehead atoms. The summed E-state index contributed by atoms with van der Waals surface area (Å²) in [5.41, 5.74) is 1.42. The van der Waals surface area contributed by atoms with E-state index in [9.17, 15) is 9.59 Å². The fourth-order valence-electron chi connectivity index (χ4n) is 1.95. The average molecular weight is 408 g/mol. The van der Waals surface area contributed by atoms with Crippen LogP contribution in [-0.4, -0.2) is 30.3 Å². The molecule has 6 heteroatoms. The summed E-state index contributed by atoms with van der Waals surface area (Å²) in [5.74, 6) is -0.570. The van der Waals surface area contributed by atoms with E-state index in [0.717, 1.165) is 10.0 Å². The summed E-state index contributed by atoms with van der Waals surface area (Å²) < 4.78 is 0.935. The Morgan fingerprint density at radius 3 is 2.67 bits per heavy atom. The third-order valence-electron chi connectivity index (χ3n) is 3.17. The van der Waals surface area contributed by atoms with Crippen LogP contribution in [0.2, 0.25) is 5.02 Å². The van der Waals surface area contributed by atoms with Gasteiger partial charge in [-0.3, -0.25) is 9.59 Å². The molecule has 2 rings (SSSR count). The maximum atomic E-state index is 12.1. The van der Waals surface area contributed by atoms with E-state index in [1.54, 1.807) is 37.4 Å². The van der Waals surface area contributed by atoms with Crippen molar-refractivity contribution in [3.63, 3.8) is 0 Å². The van der Waals surface area contributed by atoms with Gasteiger partial charge in [-0.2, -0.15) is 0 Å². The molecule has 0 radical (unpaired) electrons. The maximum absolute atomic E-state index is 12.1. The van der Waals surface area contributed by atoms with Crippen molar-refractivity contribution in [1.29, 1.82) is 0 Å². The highest BCUT2D eigenvalue weighted by Crippen LogP contribution is 2.20. The molecule has 0 aromatic heterocycles. The van der Waals surface area contributed by atoms with Crippen LogP contribution in [0.5, 0.6) is 0 Å². The van der Waals surface area contributed by atoms with Gasteiger partial charge in [0.25, 0.3) is 0 Å². The van der Waals surface area contributed by atoms with E-state index in [2.05, 4.69) is 21.2 Å². The van der Waals surface area contributed by atoms with Crippen molar-refractivity contribution in [2.75, 3.05) is 18.9 Å². The van der Waals surface area contributed by atoms with E-state index >= 15 is 0 Å². The predicted octanol–water partition coefficient (Wildman–Crippen LogP) is 4.21. The number of rotatable bonds is 5. The van der Waals surface area contributed by atoms with Gasteiger partial charge in [0, 0.05) is 17.6 Å². The van der Waals surface area contributed by atoms with E-state index < -0.39 is 0 Å². The molecule has 2 amide bonds. The molecule has 2 aromatic rings. The third-order valence-corrected chi connectivity index (χ3v) is 3.99. The molecule has 0 aliphatic heterocycles. The first-order chi connectivity index (χ1) is 11.5. The molecule has 0 saturated heterocycles. The van der Waals surface area contributed by atoms with Crippen LogP contribution in [0.4, 0.5) is 5.69 Å². The fraction of sp³-hybridized carbons (Fsp3) is 0.111. The second kappa shape index (κ2) is 8.66. The molecule has 2 aromatic carbocycles. The summed E-state index contributed by atoms with van der Waals surface area (Å²) in [6, 6.07) is 14.5. The molecular weight excluding hydrogens is 392 g/mol. The van der Waals surface area contributed by atoms with Crippen LogP contribution in [-0.2, 0) is 9.59 Å². The summed E-state index contributed by atoms with van der Waals surface area (Å²) in [4.78, 5) is 25.4. The number of hydrogen-bond donors (Lipinski definition) is 1.